The van der Waals surface area contributed by atoms with Crippen LogP contribution in [-0.2, 0) is 10.8 Å². The zero-order chi connectivity index (χ0) is 39.6. The molecule has 0 aromatic heterocycles. The summed E-state index contributed by atoms with van der Waals surface area (Å²) in [7, 11) is 0. The highest BCUT2D eigenvalue weighted by molar-refractivity contribution is 5.93. The number of rotatable bonds is 6. The molecule has 0 radical (unpaired) electrons. The molecule has 1 heteroatoms. The van der Waals surface area contributed by atoms with E-state index in [1.807, 2.05) is 0 Å². The Balaban J connectivity index is 1.19. The third-order valence-electron chi connectivity index (χ3n) is 13.0. The third-order valence-corrected chi connectivity index (χ3v) is 13.0. The Bertz CT molecular complexity index is 2960. The SMILES string of the molecule is CC1(C)c2ccccc2-c2ccc(N(c3cccc(-c4ccccc4)c3)c3cccc(C4(c5ccccc5)c5ccccc5-c5ccccc5-c5ccccc54)c3)cc21. The van der Waals surface area contributed by atoms with Crippen LogP contribution in [0.15, 0.2) is 224 Å². The van der Waals surface area contributed by atoms with Crippen molar-refractivity contribution in [2.24, 2.45) is 0 Å². The number of benzene rings is 9. The molecular weight excluding hydrogens is 711 g/mol. The second kappa shape index (κ2) is 13.7. The van der Waals surface area contributed by atoms with Crippen LogP contribution in [0.5, 0.6) is 0 Å². The third kappa shape index (κ3) is 5.39. The van der Waals surface area contributed by atoms with Gasteiger partial charge in [0.1, 0.15) is 0 Å². The van der Waals surface area contributed by atoms with Crippen molar-refractivity contribution in [2.75, 3.05) is 4.90 Å². The van der Waals surface area contributed by atoms with Gasteiger partial charge in [0.15, 0.2) is 0 Å². The van der Waals surface area contributed by atoms with Crippen molar-refractivity contribution in [3.8, 4) is 44.5 Å². The van der Waals surface area contributed by atoms with Gasteiger partial charge >= 0.3 is 0 Å². The smallest absolute Gasteiger partial charge is 0.0714 e. The number of fused-ring (bicyclic) bond motifs is 8. The van der Waals surface area contributed by atoms with E-state index in [-0.39, 0.29) is 5.41 Å². The summed E-state index contributed by atoms with van der Waals surface area (Å²) in [6.45, 7) is 4.73. The number of hydrogen-bond donors (Lipinski definition) is 0. The second-order valence-electron chi connectivity index (χ2n) is 16.5. The lowest BCUT2D eigenvalue weighted by molar-refractivity contribution is 0.660. The fraction of sp³-hybridized carbons (Fsp3) is 0.0690. The van der Waals surface area contributed by atoms with Crippen LogP contribution in [0.4, 0.5) is 17.1 Å². The first kappa shape index (κ1) is 35.0. The maximum atomic E-state index is 2.47. The second-order valence-corrected chi connectivity index (χ2v) is 16.5. The summed E-state index contributed by atoms with van der Waals surface area (Å²) in [4.78, 5) is 2.47. The quantitative estimate of drug-likeness (QED) is 0.163. The van der Waals surface area contributed by atoms with Gasteiger partial charge in [0.05, 0.1) is 5.41 Å². The van der Waals surface area contributed by atoms with Crippen LogP contribution in [0, 0.1) is 0 Å². The maximum Gasteiger partial charge on any atom is 0.0714 e. The highest BCUT2D eigenvalue weighted by atomic mass is 15.1. The first-order chi connectivity index (χ1) is 29.0. The molecule has 2 aliphatic rings. The number of hydrogen-bond acceptors (Lipinski definition) is 1. The van der Waals surface area contributed by atoms with E-state index in [0.717, 1.165) is 17.1 Å². The lowest BCUT2D eigenvalue weighted by Crippen LogP contribution is -2.32. The molecule has 0 saturated heterocycles. The lowest BCUT2D eigenvalue weighted by Gasteiger charge is -2.39. The van der Waals surface area contributed by atoms with Crippen LogP contribution in [0.1, 0.15) is 47.2 Å². The first-order valence-corrected chi connectivity index (χ1v) is 20.7. The van der Waals surface area contributed by atoms with Crippen molar-refractivity contribution < 1.29 is 0 Å². The molecule has 9 aromatic carbocycles. The fourth-order valence-electron chi connectivity index (χ4n) is 10.3. The summed E-state index contributed by atoms with van der Waals surface area (Å²) in [5, 5.41) is 0. The van der Waals surface area contributed by atoms with Gasteiger partial charge in [-0.2, -0.15) is 0 Å². The largest absolute Gasteiger partial charge is 0.310 e. The van der Waals surface area contributed by atoms with Gasteiger partial charge < -0.3 is 4.90 Å². The summed E-state index contributed by atoms with van der Waals surface area (Å²) in [6.07, 6.45) is 0. The van der Waals surface area contributed by atoms with E-state index in [9.17, 15) is 0 Å². The topological polar surface area (TPSA) is 3.24 Å². The normalized spacial score (nSPS) is 13.9. The number of nitrogens with zero attached hydrogens (tertiary/aromatic N) is 1. The molecule has 1 nitrogen and oxygen atoms in total. The summed E-state index contributed by atoms with van der Waals surface area (Å²) in [5.74, 6) is 0. The molecule has 0 N–H and O–H groups in total. The summed E-state index contributed by atoms with van der Waals surface area (Å²) in [6, 6.07) is 83.3. The average Bonchev–Trinajstić information content (AvgIpc) is 3.46. The fourth-order valence-corrected chi connectivity index (χ4v) is 10.3. The Kier molecular flexibility index (Phi) is 8.13. The predicted molar refractivity (Wildman–Crippen MR) is 247 cm³/mol. The summed E-state index contributed by atoms with van der Waals surface area (Å²) >= 11 is 0. The molecule has 11 rings (SSSR count). The first-order valence-electron chi connectivity index (χ1n) is 20.7. The minimum atomic E-state index is -0.636. The molecule has 9 aromatic rings. The zero-order valence-electron chi connectivity index (χ0n) is 33.3. The standard InChI is InChI=1S/C58H43N/c1-57(2)53-32-14-11-31-51(53)52-36-35-46(39-56(52)57)59(44-25-17-21-41(37-44)40-19-5-3-6-20-40)45-26-18-24-43(38-45)58(42-22-7-4-8-23-42)54-33-15-12-29-49(54)47-27-9-10-28-48(47)50-30-13-16-34-55(50)58/h3-39H,1-2H3. The van der Waals surface area contributed by atoms with Gasteiger partial charge in [0.2, 0.25) is 0 Å². The van der Waals surface area contributed by atoms with E-state index in [1.54, 1.807) is 0 Å². The Labute approximate surface area is 347 Å². The summed E-state index contributed by atoms with van der Waals surface area (Å²) in [5.41, 5.74) is 20.3. The molecule has 0 amide bonds. The monoisotopic (exact) mass is 753 g/mol. The molecule has 0 spiro atoms. The minimum absolute atomic E-state index is 0.137. The van der Waals surface area contributed by atoms with Crippen LogP contribution >= 0.6 is 0 Å². The van der Waals surface area contributed by atoms with Crippen molar-refractivity contribution in [1.82, 2.24) is 0 Å². The molecular formula is C58H43N. The minimum Gasteiger partial charge on any atom is -0.310 e. The van der Waals surface area contributed by atoms with Crippen molar-refractivity contribution in [3.05, 3.63) is 258 Å². The maximum absolute atomic E-state index is 2.47. The van der Waals surface area contributed by atoms with Crippen LogP contribution in [0.25, 0.3) is 44.5 Å². The van der Waals surface area contributed by atoms with E-state index >= 15 is 0 Å². The van der Waals surface area contributed by atoms with E-state index < -0.39 is 5.41 Å². The Morgan fingerprint density at radius 3 is 1.37 bits per heavy atom. The van der Waals surface area contributed by atoms with Crippen LogP contribution in [0.3, 0.4) is 0 Å². The Morgan fingerprint density at radius 1 is 0.288 bits per heavy atom. The molecule has 0 aliphatic heterocycles. The molecule has 59 heavy (non-hydrogen) atoms. The van der Waals surface area contributed by atoms with Crippen molar-refractivity contribution in [1.29, 1.82) is 0 Å². The van der Waals surface area contributed by atoms with E-state index in [4.69, 9.17) is 0 Å². The van der Waals surface area contributed by atoms with Gasteiger partial charge in [-0.3, -0.25) is 0 Å². The van der Waals surface area contributed by atoms with Gasteiger partial charge in [-0.15, -0.1) is 0 Å². The van der Waals surface area contributed by atoms with Crippen molar-refractivity contribution >= 4 is 17.1 Å². The lowest BCUT2D eigenvalue weighted by atomic mass is 9.63. The van der Waals surface area contributed by atoms with Gasteiger partial charge in [-0.1, -0.05) is 202 Å². The van der Waals surface area contributed by atoms with Crippen LogP contribution in [-0.4, -0.2) is 0 Å². The number of anilines is 3. The molecule has 0 atom stereocenters. The Morgan fingerprint density at radius 2 is 0.729 bits per heavy atom. The average molecular weight is 754 g/mol. The van der Waals surface area contributed by atoms with E-state index in [2.05, 4.69) is 243 Å². The van der Waals surface area contributed by atoms with E-state index in [1.165, 1.54) is 77.9 Å². The van der Waals surface area contributed by atoms with Crippen LogP contribution < -0.4 is 4.90 Å². The van der Waals surface area contributed by atoms with Gasteiger partial charge in [0.25, 0.3) is 0 Å². The van der Waals surface area contributed by atoms with E-state index in [0.29, 0.717) is 0 Å². The van der Waals surface area contributed by atoms with Crippen molar-refractivity contribution in [2.45, 2.75) is 24.7 Å². The van der Waals surface area contributed by atoms with Gasteiger partial charge in [-0.25, -0.2) is 0 Å². The molecule has 0 bridgehead atoms. The molecule has 2 aliphatic carbocycles. The van der Waals surface area contributed by atoms with Gasteiger partial charge in [-0.05, 0) is 114 Å². The van der Waals surface area contributed by atoms with Crippen molar-refractivity contribution in [3.63, 3.8) is 0 Å². The predicted octanol–water partition coefficient (Wildman–Crippen LogP) is 15.2. The summed E-state index contributed by atoms with van der Waals surface area (Å²) < 4.78 is 0. The molecule has 0 saturated carbocycles. The molecule has 0 unspecified atom stereocenters. The molecule has 280 valence electrons. The zero-order valence-corrected chi connectivity index (χ0v) is 33.3. The van der Waals surface area contributed by atoms with Crippen LogP contribution in [0.2, 0.25) is 0 Å². The molecule has 0 heterocycles. The Hall–Kier alpha value is -7.22. The molecule has 0 fully saturated rings. The highest BCUT2D eigenvalue weighted by Gasteiger charge is 2.44. The van der Waals surface area contributed by atoms with Gasteiger partial charge in [0, 0.05) is 22.5 Å². The highest BCUT2D eigenvalue weighted by Crippen LogP contribution is 2.56.